The van der Waals surface area contributed by atoms with Crippen molar-refractivity contribution in [3.63, 3.8) is 0 Å². The number of ether oxygens (including phenoxy) is 3. The smallest absolute Gasteiger partial charge is 0.308 e. The number of carbonyl (C=O) groups is 3. The summed E-state index contributed by atoms with van der Waals surface area (Å²) < 4.78 is 14.5. The van der Waals surface area contributed by atoms with Gasteiger partial charge in [0.2, 0.25) is 0 Å². The van der Waals surface area contributed by atoms with Crippen LogP contribution in [0.3, 0.4) is 0 Å². The molecule has 0 aromatic heterocycles. The quantitative estimate of drug-likeness (QED) is 0.317. The van der Waals surface area contributed by atoms with Gasteiger partial charge in [0, 0.05) is 32.9 Å². The third kappa shape index (κ3) is 7.78. The monoisotopic (exact) mass is 378 g/mol. The highest BCUT2D eigenvalue weighted by atomic mass is 16.6. The second-order valence-electron chi connectivity index (χ2n) is 5.06. The number of benzene rings is 2. The molecule has 9 heteroatoms. The number of aromatic hydroxyl groups is 3. The Morgan fingerprint density at radius 3 is 1.70 bits per heavy atom. The minimum absolute atomic E-state index is 0.0106. The van der Waals surface area contributed by atoms with Crippen molar-refractivity contribution >= 4 is 17.9 Å². The summed E-state index contributed by atoms with van der Waals surface area (Å²) in [5, 5.41) is 26.0. The van der Waals surface area contributed by atoms with Crippen LogP contribution in [0.5, 0.6) is 34.5 Å². The number of phenolic OH excluding ortho intramolecular Hbond substituents is 3. The highest BCUT2D eigenvalue weighted by Gasteiger charge is 2.12. The van der Waals surface area contributed by atoms with Crippen LogP contribution >= 0.6 is 0 Å². The molecule has 0 radical (unpaired) electrons. The first-order valence-corrected chi connectivity index (χ1v) is 7.48. The van der Waals surface area contributed by atoms with E-state index < -0.39 is 17.9 Å². The van der Waals surface area contributed by atoms with E-state index in [0.717, 1.165) is 6.07 Å². The molecule has 0 bridgehead atoms. The van der Waals surface area contributed by atoms with E-state index in [9.17, 15) is 14.4 Å². The maximum absolute atomic E-state index is 10.9. The van der Waals surface area contributed by atoms with Crippen LogP contribution in [0.25, 0.3) is 0 Å². The molecule has 0 aliphatic rings. The molecule has 2 rings (SSSR count). The summed E-state index contributed by atoms with van der Waals surface area (Å²) in [5.74, 6) is -1.97. The first-order valence-electron chi connectivity index (χ1n) is 7.48. The number of phenols is 3. The van der Waals surface area contributed by atoms with E-state index in [4.69, 9.17) is 29.5 Å². The van der Waals surface area contributed by atoms with E-state index in [1.54, 1.807) is 0 Å². The number of hydrogen-bond acceptors (Lipinski definition) is 9. The molecule has 0 saturated heterocycles. The number of esters is 3. The van der Waals surface area contributed by atoms with Crippen molar-refractivity contribution in [2.45, 2.75) is 20.8 Å². The largest absolute Gasteiger partial charge is 0.508 e. The zero-order valence-corrected chi connectivity index (χ0v) is 14.8. The summed E-state index contributed by atoms with van der Waals surface area (Å²) >= 11 is 0. The maximum atomic E-state index is 10.9. The van der Waals surface area contributed by atoms with E-state index in [1.165, 1.54) is 51.1 Å². The molecule has 0 heterocycles. The van der Waals surface area contributed by atoms with Crippen LogP contribution in [0, 0.1) is 0 Å². The number of carbonyl (C=O) groups excluding carboxylic acids is 3. The molecule has 9 nitrogen and oxygen atoms in total. The van der Waals surface area contributed by atoms with Crippen LogP contribution in [0.2, 0.25) is 0 Å². The second-order valence-corrected chi connectivity index (χ2v) is 5.06. The minimum Gasteiger partial charge on any atom is -0.508 e. The van der Waals surface area contributed by atoms with Crippen molar-refractivity contribution in [3.05, 3.63) is 36.4 Å². The van der Waals surface area contributed by atoms with Crippen molar-refractivity contribution < 1.29 is 43.9 Å². The molecule has 0 spiro atoms. The first kappa shape index (κ1) is 21.3. The van der Waals surface area contributed by atoms with Gasteiger partial charge >= 0.3 is 17.9 Å². The minimum atomic E-state index is -0.580. The summed E-state index contributed by atoms with van der Waals surface area (Å²) in [6.07, 6.45) is 0. The molecule has 2 aromatic rings. The van der Waals surface area contributed by atoms with Crippen molar-refractivity contribution in [1.82, 2.24) is 0 Å². The standard InChI is InChI=1S/C12H12O6.C6H6O3/c1-7(13)16-10-4-5-11(17-8(2)14)12(6-10)18-9(3)15;7-4-1-2-5(8)6(9)3-4/h4-6H,1-3H3;1-3,7-9H. The fourth-order valence-electron chi connectivity index (χ4n) is 1.70. The molecule has 3 N–H and O–H groups in total. The van der Waals surface area contributed by atoms with Crippen molar-refractivity contribution in [3.8, 4) is 34.5 Å². The van der Waals surface area contributed by atoms with Gasteiger partial charge in [-0.2, -0.15) is 0 Å². The van der Waals surface area contributed by atoms with Gasteiger partial charge in [-0.1, -0.05) is 0 Å². The summed E-state index contributed by atoms with van der Waals surface area (Å²) in [6.45, 7) is 3.67. The predicted molar refractivity (Wildman–Crippen MR) is 91.8 cm³/mol. The Bertz CT molecular complexity index is 843. The molecule has 27 heavy (non-hydrogen) atoms. The van der Waals surface area contributed by atoms with E-state index in [1.807, 2.05) is 0 Å². The Morgan fingerprint density at radius 2 is 1.22 bits per heavy atom. The highest BCUT2D eigenvalue weighted by molar-refractivity contribution is 5.75. The number of rotatable bonds is 3. The highest BCUT2D eigenvalue weighted by Crippen LogP contribution is 2.32. The number of hydrogen-bond donors (Lipinski definition) is 3. The first-order chi connectivity index (χ1) is 12.6. The summed E-state index contributed by atoms with van der Waals surface area (Å²) in [5.41, 5.74) is 0. The second kappa shape index (κ2) is 9.66. The van der Waals surface area contributed by atoms with Gasteiger partial charge in [-0.25, -0.2) is 0 Å². The molecule has 0 unspecified atom stereocenters. The lowest BCUT2D eigenvalue weighted by atomic mass is 10.3. The average Bonchev–Trinajstić information content (AvgIpc) is 2.53. The summed E-state index contributed by atoms with van der Waals surface area (Å²) in [6, 6.07) is 7.65. The van der Waals surface area contributed by atoms with Gasteiger partial charge in [0.05, 0.1) is 0 Å². The van der Waals surface area contributed by atoms with Crippen LogP contribution in [0.1, 0.15) is 20.8 Å². The van der Waals surface area contributed by atoms with Gasteiger partial charge in [-0.15, -0.1) is 0 Å². The Balaban J connectivity index is 0.000000337. The Hall–Kier alpha value is -3.75. The molecule has 0 fully saturated rings. The van der Waals surface area contributed by atoms with E-state index >= 15 is 0 Å². The third-order valence-corrected chi connectivity index (χ3v) is 2.64. The van der Waals surface area contributed by atoms with Crippen molar-refractivity contribution in [2.75, 3.05) is 0 Å². The summed E-state index contributed by atoms with van der Waals surface area (Å²) in [4.78, 5) is 32.6. The third-order valence-electron chi connectivity index (χ3n) is 2.64. The maximum Gasteiger partial charge on any atom is 0.308 e. The van der Waals surface area contributed by atoms with Crippen LogP contribution in [0.4, 0.5) is 0 Å². The zero-order valence-electron chi connectivity index (χ0n) is 14.8. The van der Waals surface area contributed by atoms with Gasteiger partial charge in [0.25, 0.3) is 0 Å². The predicted octanol–water partition coefficient (Wildman–Crippen LogP) is 2.27. The van der Waals surface area contributed by atoms with Crippen molar-refractivity contribution in [2.24, 2.45) is 0 Å². The van der Waals surface area contributed by atoms with Gasteiger partial charge in [-0.3, -0.25) is 14.4 Å². The van der Waals surface area contributed by atoms with Crippen LogP contribution in [-0.4, -0.2) is 33.2 Å². The van der Waals surface area contributed by atoms with E-state index in [-0.39, 0.29) is 34.5 Å². The Morgan fingerprint density at radius 1 is 0.667 bits per heavy atom. The van der Waals surface area contributed by atoms with E-state index in [2.05, 4.69) is 0 Å². The SMILES string of the molecule is CC(=O)Oc1ccc(OC(C)=O)c(OC(C)=O)c1.Oc1ccc(O)c(O)c1. The molecule has 0 amide bonds. The fraction of sp³-hybridized carbons (Fsp3) is 0.167. The van der Waals surface area contributed by atoms with Gasteiger partial charge in [0.15, 0.2) is 23.0 Å². The Kier molecular flexibility index (Phi) is 7.62. The molecule has 144 valence electrons. The average molecular weight is 378 g/mol. The van der Waals surface area contributed by atoms with Gasteiger partial charge < -0.3 is 29.5 Å². The van der Waals surface area contributed by atoms with E-state index in [0.29, 0.717) is 0 Å². The van der Waals surface area contributed by atoms with Gasteiger partial charge in [-0.05, 0) is 24.3 Å². The van der Waals surface area contributed by atoms with Crippen molar-refractivity contribution in [1.29, 1.82) is 0 Å². The summed E-state index contributed by atoms with van der Waals surface area (Å²) in [7, 11) is 0. The molecule has 0 aliphatic heterocycles. The molecule has 0 aliphatic carbocycles. The fourth-order valence-corrected chi connectivity index (χ4v) is 1.70. The van der Waals surface area contributed by atoms with Crippen LogP contribution in [-0.2, 0) is 14.4 Å². The topological polar surface area (TPSA) is 140 Å². The molecular weight excluding hydrogens is 360 g/mol. The Labute approximate surface area is 154 Å². The van der Waals surface area contributed by atoms with Crippen LogP contribution in [0.15, 0.2) is 36.4 Å². The normalized spacial score (nSPS) is 9.44. The lowest BCUT2D eigenvalue weighted by molar-refractivity contribution is -0.134. The van der Waals surface area contributed by atoms with Gasteiger partial charge in [0.1, 0.15) is 11.5 Å². The zero-order chi connectivity index (χ0) is 20.6. The lowest BCUT2D eigenvalue weighted by Crippen LogP contribution is -2.08. The molecule has 0 atom stereocenters. The lowest BCUT2D eigenvalue weighted by Gasteiger charge is -2.10. The molecule has 2 aromatic carbocycles. The molecule has 0 saturated carbocycles. The molecular formula is C18H18O9. The van der Waals surface area contributed by atoms with Crippen LogP contribution < -0.4 is 14.2 Å².